The van der Waals surface area contributed by atoms with Crippen molar-refractivity contribution >= 4 is 5.97 Å². The second kappa shape index (κ2) is 9.46. The number of aryl methyl sites for hydroxylation is 1. The van der Waals surface area contributed by atoms with Gasteiger partial charge in [-0.1, -0.05) is 17.7 Å². The number of rotatable bonds is 8. The third-order valence-electron chi connectivity index (χ3n) is 4.57. The van der Waals surface area contributed by atoms with Crippen LogP contribution in [0.5, 0.6) is 0 Å². The van der Waals surface area contributed by atoms with Gasteiger partial charge < -0.3 is 15.2 Å². The number of hydrogen-bond acceptors (Lipinski definition) is 4. The minimum atomic E-state index is -0.688. The molecule has 0 heterocycles. The summed E-state index contributed by atoms with van der Waals surface area (Å²) in [7, 11) is 0. The van der Waals surface area contributed by atoms with Gasteiger partial charge in [-0.15, -0.1) is 0 Å². The van der Waals surface area contributed by atoms with Gasteiger partial charge in [-0.3, -0.25) is 4.79 Å². The Hall–Kier alpha value is -2.31. The topological polar surface area (TPSA) is 61.5 Å². The molecular weight excluding hydrogens is 376 g/mol. The molecule has 0 bridgehead atoms. The van der Waals surface area contributed by atoms with Gasteiger partial charge in [0.2, 0.25) is 0 Å². The van der Waals surface area contributed by atoms with Crippen molar-refractivity contribution in [3.05, 3.63) is 59.2 Å². The van der Waals surface area contributed by atoms with Crippen LogP contribution in [-0.4, -0.2) is 23.7 Å². The minimum Gasteiger partial charge on any atom is -0.461 e. The summed E-state index contributed by atoms with van der Waals surface area (Å²) >= 11 is 0. The Balaban J connectivity index is 2.16. The third kappa shape index (κ3) is 6.61. The van der Waals surface area contributed by atoms with E-state index in [1.165, 1.54) is 18.2 Å². The van der Waals surface area contributed by atoms with Gasteiger partial charge >= 0.3 is 5.97 Å². The normalized spacial score (nSPS) is 13.8. The van der Waals surface area contributed by atoms with Gasteiger partial charge in [-0.2, -0.15) is 0 Å². The highest BCUT2D eigenvalue weighted by Gasteiger charge is 2.25. The van der Waals surface area contributed by atoms with Crippen LogP contribution in [-0.2, 0) is 20.9 Å². The monoisotopic (exact) mass is 405 g/mol. The summed E-state index contributed by atoms with van der Waals surface area (Å²) in [6.45, 7) is 9.10. The summed E-state index contributed by atoms with van der Waals surface area (Å²) in [5.41, 5.74) is 7.23. The molecule has 2 aromatic carbocycles. The molecule has 0 aliphatic heterocycles. The van der Waals surface area contributed by atoms with Crippen LogP contribution in [0.15, 0.2) is 36.4 Å². The summed E-state index contributed by atoms with van der Waals surface area (Å²) in [5, 5.41) is 0. The molecule has 6 heteroatoms. The van der Waals surface area contributed by atoms with Crippen LogP contribution in [0.1, 0.15) is 45.2 Å². The lowest BCUT2D eigenvalue weighted by Crippen LogP contribution is -2.35. The predicted octanol–water partition coefficient (Wildman–Crippen LogP) is 4.90. The largest absolute Gasteiger partial charge is 0.461 e. The molecule has 0 aromatic heterocycles. The van der Waals surface area contributed by atoms with Gasteiger partial charge in [-0.25, -0.2) is 8.78 Å². The fourth-order valence-corrected chi connectivity index (χ4v) is 3.14. The van der Waals surface area contributed by atoms with Crippen LogP contribution in [0, 0.1) is 18.6 Å². The predicted molar refractivity (Wildman–Crippen MR) is 109 cm³/mol. The molecule has 2 aromatic rings. The zero-order valence-corrected chi connectivity index (χ0v) is 17.6. The lowest BCUT2D eigenvalue weighted by Gasteiger charge is -2.29. The van der Waals surface area contributed by atoms with Crippen LogP contribution in [0.2, 0.25) is 0 Å². The van der Waals surface area contributed by atoms with Gasteiger partial charge in [0, 0.05) is 12.0 Å². The molecule has 0 amide bonds. The number of benzene rings is 2. The van der Waals surface area contributed by atoms with E-state index in [9.17, 15) is 13.6 Å². The lowest BCUT2D eigenvalue weighted by molar-refractivity contribution is -0.153. The van der Waals surface area contributed by atoms with Crippen LogP contribution < -0.4 is 5.73 Å². The number of carbonyl (C=O) groups excluding carboxylic acids is 1. The highest BCUT2D eigenvalue weighted by atomic mass is 19.1. The molecule has 2 rings (SSSR count). The van der Waals surface area contributed by atoms with E-state index < -0.39 is 29.2 Å². The van der Waals surface area contributed by atoms with Crippen molar-refractivity contribution in [2.75, 3.05) is 0 Å². The van der Waals surface area contributed by atoms with Gasteiger partial charge in [0.25, 0.3) is 0 Å². The average molecular weight is 405 g/mol. The van der Waals surface area contributed by atoms with Crippen molar-refractivity contribution in [3.63, 3.8) is 0 Å². The van der Waals surface area contributed by atoms with E-state index in [1.807, 2.05) is 20.8 Å². The van der Waals surface area contributed by atoms with Crippen LogP contribution in [0.4, 0.5) is 8.78 Å². The molecule has 0 aliphatic carbocycles. The highest BCUT2D eigenvalue weighted by Crippen LogP contribution is 2.30. The molecule has 0 spiro atoms. The Bertz CT molecular complexity index is 865. The Morgan fingerprint density at radius 1 is 1.10 bits per heavy atom. The second-order valence-corrected chi connectivity index (χ2v) is 8.07. The number of hydrogen-bond donors (Lipinski definition) is 1. The molecule has 158 valence electrons. The first-order chi connectivity index (χ1) is 13.5. The smallest absolute Gasteiger partial charge is 0.322 e. The molecule has 29 heavy (non-hydrogen) atoms. The summed E-state index contributed by atoms with van der Waals surface area (Å²) in [6, 6.07) is 8.29. The zero-order chi connectivity index (χ0) is 21.8. The first kappa shape index (κ1) is 23.0. The molecule has 0 radical (unpaired) electrons. The molecule has 0 fully saturated rings. The van der Waals surface area contributed by atoms with E-state index in [2.05, 4.69) is 0 Å². The van der Waals surface area contributed by atoms with E-state index >= 15 is 0 Å². The maximum atomic E-state index is 14.4. The molecular formula is C23H29F2NO3. The Morgan fingerprint density at radius 2 is 1.79 bits per heavy atom. The van der Waals surface area contributed by atoms with E-state index in [1.54, 1.807) is 32.0 Å². The van der Waals surface area contributed by atoms with Crippen molar-refractivity contribution in [1.82, 2.24) is 0 Å². The van der Waals surface area contributed by atoms with Crippen LogP contribution >= 0.6 is 0 Å². The molecule has 0 saturated carbocycles. The Kier molecular flexibility index (Phi) is 7.49. The third-order valence-corrected chi connectivity index (χ3v) is 4.57. The highest BCUT2D eigenvalue weighted by molar-refractivity contribution is 5.75. The van der Waals surface area contributed by atoms with E-state index in [4.69, 9.17) is 15.2 Å². The lowest BCUT2D eigenvalue weighted by atomic mass is 9.97. The molecule has 2 N–H and O–H groups in total. The maximum Gasteiger partial charge on any atom is 0.322 e. The van der Waals surface area contributed by atoms with E-state index in [-0.39, 0.29) is 12.7 Å². The van der Waals surface area contributed by atoms with Crippen molar-refractivity contribution in [2.24, 2.45) is 5.73 Å². The number of halogens is 2. The van der Waals surface area contributed by atoms with Crippen molar-refractivity contribution in [1.29, 1.82) is 0 Å². The molecule has 4 nitrogen and oxygen atoms in total. The zero-order valence-electron chi connectivity index (χ0n) is 17.6. The Labute approximate surface area is 171 Å². The number of ether oxygens (including phenoxy) is 2. The van der Waals surface area contributed by atoms with Crippen LogP contribution in [0.3, 0.4) is 0 Å². The second-order valence-electron chi connectivity index (χ2n) is 8.07. The summed E-state index contributed by atoms with van der Waals surface area (Å²) in [6.07, 6.45) is 0.0613. The molecule has 0 unspecified atom stereocenters. The van der Waals surface area contributed by atoms with Crippen molar-refractivity contribution < 1.29 is 23.0 Å². The fourth-order valence-electron chi connectivity index (χ4n) is 3.14. The molecule has 0 saturated heterocycles. The first-order valence-corrected chi connectivity index (χ1v) is 9.63. The summed E-state index contributed by atoms with van der Waals surface area (Å²) in [5.74, 6) is -1.33. The van der Waals surface area contributed by atoms with Gasteiger partial charge in [0.05, 0.1) is 12.2 Å². The standard InChI is InChI=1S/C23H29F2NO3/c1-14-6-9-21(25)20(10-14)19-11-18(24)8-7-17(19)13-28-23(4,5)12-15(2)29-22(27)16(3)26/h6-11,15-16H,12-13,26H2,1-5H3/t15-,16-/m0/s1. The van der Waals surface area contributed by atoms with E-state index in [0.29, 0.717) is 23.1 Å². The fraction of sp³-hybridized carbons (Fsp3) is 0.435. The summed E-state index contributed by atoms with van der Waals surface area (Å²) in [4.78, 5) is 11.7. The van der Waals surface area contributed by atoms with E-state index in [0.717, 1.165) is 5.56 Å². The van der Waals surface area contributed by atoms with Gasteiger partial charge in [0.1, 0.15) is 23.8 Å². The number of esters is 1. The van der Waals surface area contributed by atoms with Gasteiger partial charge in [0.15, 0.2) is 0 Å². The van der Waals surface area contributed by atoms with Crippen molar-refractivity contribution in [2.45, 2.75) is 65.4 Å². The Morgan fingerprint density at radius 3 is 2.45 bits per heavy atom. The van der Waals surface area contributed by atoms with Crippen molar-refractivity contribution in [3.8, 4) is 11.1 Å². The minimum absolute atomic E-state index is 0.157. The van der Waals surface area contributed by atoms with Crippen LogP contribution in [0.25, 0.3) is 11.1 Å². The average Bonchev–Trinajstić information content (AvgIpc) is 2.62. The molecule has 0 aliphatic rings. The maximum absolute atomic E-state index is 14.4. The first-order valence-electron chi connectivity index (χ1n) is 9.63. The SMILES string of the molecule is Cc1ccc(F)c(-c2cc(F)ccc2COC(C)(C)C[C@H](C)OC(=O)[C@H](C)N)c1. The number of nitrogens with two attached hydrogens (primary N) is 1. The van der Waals surface area contributed by atoms with Gasteiger partial charge in [-0.05, 0) is 70.0 Å². The quantitative estimate of drug-likeness (QED) is 0.634. The molecule has 2 atom stereocenters. The number of carbonyl (C=O) groups is 1. The summed E-state index contributed by atoms with van der Waals surface area (Å²) < 4.78 is 39.6.